The molecule has 3 rings (SSSR count). The van der Waals surface area contributed by atoms with Crippen LogP contribution in [0.2, 0.25) is 0 Å². The van der Waals surface area contributed by atoms with E-state index in [9.17, 15) is 14.7 Å². The Morgan fingerprint density at radius 2 is 1.97 bits per heavy atom. The first-order valence-electron chi connectivity index (χ1n) is 11.1. The molecule has 0 aliphatic carbocycles. The van der Waals surface area contributed by atoms with Gasteiger partial charge < -0.3 is 25.7 Å². The minimum atomic E-state index is -1.20. The Morgan fingerprint density at radius 1 is 1.23 bits per heavy atom. The maximum atomic E-state index is 12.2. The molecule has 168 valence electrons. The van der Waals surface area contributed by atoms with Crippen molar-refractivity contribution in [3.63, 3.8) is 0 Å². The lowest BCUT2D eigenvalue weighted by atomic mass is 9.88. The fourth-order valence-electron chi connectivity index (χ4n) is 3.83. The first kappa shape index (κ1) is 23.9. The third-order valence-electron chi connectivity index (χ3n) is 5.55. The smallest absolute Gasteiger partial charge is 0.317 e. The summed E-state index contributed by atoms with van der Waals surface area (Å²) in [6.45, 7) is 6.33. The largest absolute Gasteiger partial charge is 0.481 e. The molecule has 0 atom stereocenters. The number of aliphatic hydroxyl groups is 1. The van der Waals surface area contributed by atoms with Crippen LogP contribution in [-0.4, -0.2) is 63.9 Å². The van der Waals surface area contributed by atoms with E-state index in [-0.39, 0.29) is 12.5 Å². The molecule has 1 aromatic heterocycles. The van der Waals surface area contributed by atoms with E-state index < -0.39 is 11.6 Å². The molecule has 30 heavy (non-hydrogen) atoms. The number of likely N-dealkylation sites (tertiary alicyclic amines) is 1. The Labute approximate surface area is 179 Å². The van der Waals surface area contributed by atoms with E-state index in [0.717, 1.165) is 50.2 Å². The number of fused-ring (bicyclic) bond motifs is 1. The molecule has 4 N–H and O–H groups in total. The molecular formula is C22H36N4O4. The van der Waals surface area contributed by atoms with Gasteiger partial charge in [-0.1, -0.05) is 19.9 Å². The molecule has 1 fully saturated rings. The van der Waals surface area contributed by atoms with Gasteiger partial charge in [0.25, 0.3) is 0 Å². The van der Waals surface area contributed by atoms with Crippen molar-refractivity contribution in [3.8, 4) is 0 Å². The van der Waals surface area contributed by atoms with Gasteiger partial charge in [-0.2, -0.15) is 0 Å². The second-order valence-corrected chi connectivity index (χ2v) is 7.81. The summed E-state index contributed by atoms with van der Waals surface area (Å²) in [5.74, 6) is 0.00890. The SMILES string of the molecule is CC.O=C(O)CC1(O)CCN(C(=O)NCCCCc2ccc3c(n2)NCCC3)CC1. The Balaban J connectivity index is 0.00000155. The summed E-state index contributed by atoms with van der Waals surface area (Å²) >= 11 is 0. The van der Waals surface area contributed by atoms with Crippen molar-refractivity contribution >= 4 is 17.8 Å². The number of rotatable bonds is 7. The molecule has 0 saturated carbocycles. The number of urea groups is 1. The van der Waals surface area contributed by atoms with Crippen LogP contribution in [0.25, 0.3) is 0 Å². The number of piperidine rings is 1. The number of aliphatic carboxylic acids is 1. The van der Waals surface area contributed by atoms with Crippen molar-refractivity contribution in [3.05, 3.63) is 23.4 Å². The highest BCUT2D eigenvalue weighted by molar-refractivity contribution is 5.74. The quantitative estimate of drug-likeness (QED) is 0.504. The van der Waals surface area contributed by atoms with Gasteiger partial charge in [0.05, 0.1) is 12.0 Å². The van der Waals surface area contributed by atoms with Gasteiger partial charge in [0.15, 0.2) is 0 Å². The van der Waals surface area contributed by atoms with Gasteiger partial charge in [-0.15, -0.1) is 0 Å². The van der Waals surface area contributed by atoms with Crippen molar-refractivity contribution in [1.29, 1.82) is 0 Å². The molecule has 0 radical (unpaired) electrons. The number of carbonyl (C=O) groups excluding carboxylic acids is 1. The van der Waals surface area contributed by atoms with Crippen molar-refractivity contribution in [2.75, 3.05) is 31.5 Å². The molecule has 8 nitrogen and oxygen atoms in total. The lowest BCUT2D eigenvalue weighted by Crippen LogP contribution is -2.50. The summed E-state index contributed by atoms with van der Waals surface area (Å²) in [4.78, 5) is 29.4. The minimum Gasteiger partial charge on any atom is -0.481 e. The number of carbonyl (C=O) groups is 2. The average Bonchev–Trinajstić information content (AvgIpc) is 2.74. The summed E-state index contributed by atoms with van der Waals surface area (Å²) in [5, 5.41) is 25.3. The number of unbranched alkanes of at least 4 members (excludes halogenated alkanes) is 1. The van der Waals surface area contributed by atoms with Crippen LogP contribution in [0.1, 0.15) is 63.6 Å². The van der Waals surface area contributed by atoms with Gasteiger partial charge in [0.1, 0.15) is 5.82 Å². The molecule has 0 bridgehead atoms. The zero-order valence-electron chi connectivity index (χ0n) is 18.2. The summed E-state index contributed by atoms with van der Waals surface area (Å²) < 4.78 is 0. The first-order chi connectivity index (χ1) is 14.5. The predicted molar refractivity (Wildman–Crippen MR) is 117 cm³/mol. The second-order valence-electron chi connectivity index (χ2n) is 7.81. The van der Waals surface area contributed by atoms with Crippen LogP contribution in [0.3, 0.4) is 0 Å². The number of pyridine rings is 1. The summed E-state index contributed by atoms with van der Waals surface area (Å²) in [6.07, 6.45) is 5.27. The first-order valence-corrected chi connectivity index (χ1v) is 11.1. The molecule has 2 aliphatic rings. The van der Waals surface area contributed by atoms with Crippen LogP contribution >= 0.6 is 0 Å². The minimum absolute atomic E-state index is 0.145. The number of carboxylic acids is 1. The van der Waals surface area contributed by atoms with Gasteiger partial charge in [-0.3, -0.25) is 4.79 Å². The Kier molecular flexibility index (Phi) is 9.36. The number of hydrogen-bond donors (Lipinski definition) is 4. The van der Waals surface area contributed by atoms with E-state index in [4.69, 9.17) is 5.11 Å². The van der Waals surface area contributed by atoms with Crippen LogP contribution in [0.4, 0.5) is 10.6 Å². The number of amides is 2. The fraction of sp³-hybridized carbons (Fsp3) is 0.682. The molecule has 2 aliphatic heterocycles. The maximum absolute atomic E-state index is 12.2. The number of aromatic nitrogens is 1. The Bertz CT molecular complexity index is 702. The van der Waals surface area contributed by atoms with Crippen molar-refractivity contribution in [2.24, 2.45) is 0 Å². The topological polar surface area (TPSA) is 115 Å². The highest BCUT2D eigenvalue weighted by atomic mass is 16.4. The van der Waals surface area contributed by atoms with Crippen LogP contribution in [0.15, 0.2) is 12.1 Å². The van der Waals surface area contributed by atoms with Gasteiger partial charge >= 0.3 is 12.0 Å². The third kappa shape index (κ3) is 7.16. The molecular weight excluding hydrogens is 384 g/mol. The highest BCUT2D eigenvalue weighted by Gasteiger charge is 2.35. The van der Waals surface area contributed by atoms with Gasteiger partial charge in [0, 0.05) is 31.9 Å². The number of aryl methyl sites for hydroxylation is 2. The van der Waals surface area contributed by atoms with Crippen molar-refractivity contribution in [2.45, 2.75) is 70.8 Å². The molecule has 0 aromatic carbocycles. The molecule has 0 unspecified atom stereocenters. The lowest BCUT2D eigenvalue weighted by Gasteiger charge is -2.37. The van der Waals surface area contributed by atoms with E-state index in [0.29, 0.717) is 32.5 Å². The number of nitrogens with one attached hydrogen (secondary N) is 2. The normalized spacial score (nSPS) is 17.1. The van der Waals surface area contributed by atoms with E-state index in [1.165, 1.54) is 5.56 Å². The molecule has 2 amide bonds. The Morgan fingerprint density at radius 3 is 2.67 bits per heavy atom. The standard InChI is InChI=1S/C20H30N4O4.C2H6/c25-17(26)14-20(28)8-12-24(13-9-20)19(27)22-10-2-1-5-16-7-6-15-4-3-11-21-18(15)23-16;1-2/h6-7,28H,1-5,8-14H2,(H,21,23)(H,22,27)(H,25,26);1-2H3. The molecule has 1 aromatic rings. The second kappa shape index (κ2) is 11.7. The maximum Gasteiger partial charge on any atom is 0.317 e. The van der Waals surface area contributed by atoms with Crippen molar-refractivity contribution < 1.29 is 19.8 Å². The lowest BCUT2D eigenvalue weighted by molar-refractivity contribution is -0.144. The Hall–Kier alpha value is -2.35. The number of hydrogen-bond acceptors (Lipinski definition) is 5. The van der Waals surface area contributed by atoms with E-state index in [1.807, 2.05) is 13.8 Å². The summed E-state index contributed by atoms with van der Waals surface area (Å²) in [7, 11) is 0. The molecule has 1 saturated heterocycles. The number of carboxylic acid groups (broad SMARTS) is 1. The van der Waals surface area contributed by atoms with Crippen LogP contribution in [0.5, 0.6) is 0 Å². The van der Waals surface area contributed by atoms with Gasteiger partial charge in [-0.25, -0.2) is 9.78 Å². The van der Waals surface area contributed by atoms with Crippen LogP contribution < -0.4 is 10.6 Å². The van der Waals surface area contributed by atoms with E-state index in [1.54, 1.807) is 4.90 Å². The molecule has 8 heteroatoms. The van der Waals surface area contributed by atoms with Crippen LogP contribution in [0, 0.1) is 0 Å². The van der Waals surface area contributed by atoms with Gasteiger partial charge in [-0.05, 0) is 56.6 Å². The zero-order valence-corrected chi connectivity index (χ0v) is 18.2. The third-order valence-corrected chi connectivity index (χ3v) is 5.55. The fourth-order valence-corrected chi connectivity index (χ4v) is 3.83. The summed E-state index contributed by atoms with van der Waals surface area (Å²) in [6, 6.07) is 4.11. The van der Waals surface area contributed by atoms with E-state index in [2.05, 4.69) is 27.8 Å². The average molecular weight is 421 g/mol. The number of nitrogens with zero attached hydrogens (tertiary/aromatic N) is 2. The van der Waals surface area contributed by atoms with Gasteiger partial charge in [0.2, 0.25) is 0 Å². The predicted octanol–water partition coefficient (Wildman–Crippen LogP) is 2.80. The monoisotopic (exact) mass is 420 g/mol. The zero-order chi connectivity index (χ0) is 22.0. The van der Waals surface area contributed by atoms with Crippen LogP contribution in [-0.2, 0) is 17.6 Å². The molecule has 3 heterocycles. The highest BCUT2D eigenvalue weighted by Crippen LogP contribution is 2.25. The van der Waals surface area contributed by atoms with E-state index >= 15 is 0 Å². The summed E-state index contributed by atoms with van der Waals surface area (Å²) in [5.41, 5.74) is 1.17. The molecule has 0 spiro atoms. The van der Waals surface area contributed by atoms with Crippen molar-refractivity contribution in [1.82, 2.24) is 15.2 Å². The number of anilines is 1.